The highest BCUT2D eigenvalue weighted by atomic mass is 19.1. The van der Waals surface area contributed by atoms with Gasteiger partial charge in [0.25, 0.3) is 5.89 Å². The summed E-state index contributed by atoms with van der Waals surface area (Å²) in [7, 11) is 0. The van der Waals surface area contributed by atoms with Gasteiger partial charge in [-0.05, 0) is 30.3 Å². The highest BCUT2D eigenvalue weighted by Gasteiger charge is 2.19. The Hall–Kier alpha value is -2.74. The smallest absolute Gasteiger partial charge is 0.437 e. The van der Waals surface area contributed by atoms with Crippen LogP contribution >= 0.6 is 0 Å². The minimum Gasteiger partial charge on any atom is -0.459 e. The van der Waals surface area contributed by atoms with Gasteiger partial charge < -0.3 is 13.9 Å². The van der Waals surface area contributed by atoms with Crippen LogP contribution in [0.25, 0.3) is 11.7 Å². The Morgan fingerprint density at radius 3 is 2.86 bits per heavy atom. The standard InChI is InChI=1S/C14H10F2N2O4/c15-8-3-4-10(16)9(6-8)11(19)7-18-14(20)22-13(17-18)12-2-1-5-21-12/h1-6,11,19H,7H2/t11-/m1/s1. The second kappa shape index (κ2) is 5.57. The predicted octanol–water partition coefficient (Wildman–Crippen LogP) is 2.11. The van der Waals surface area contributed by atoms with Crippen LogP contribution in [-0.4, -0.2) is 14.9 Å². The van der Waals surface area contributed by atoms with E-state index in [9.17, 15) is 18.7 Å². The van der Waals surface area contributed by atoms with Crippen molar-refractivity contribution < 1.29 is 22.7 Å². The molecule has 3 rings (SSSR count). The molecule has 8 heteroatoms. The molecule has 0 saturated carbocycles. The lowest BCUT2D eigenvalue weighted by Gasteiger charge is -2.10. The van der Waals surface area contributed by atoms with Gasteiger partial charge in [0.1, 0.15) is 17.7 Å². The lowest BCUT2D eigenvalue weighted by molar-refractivity contribution is 0.144. The largest absolute Gasteiger partial charge is 0.459 e. The minimum absolute atomic E-state index is 0.0677. The fraction of sp³-hybridized carbons (Fsp3) is 0.143. The van der Waals surface area contributed by atoms with E-state index in [1.54, 1.807) is 6.07 Å². The molecule has 0 aliphatic carbocycles. The normalized spacial score (nSPS) is 12.5. The first kappa shape index (κ1) is 14.2. The second-order valence-electron chi connectivity index (χ2n) is 4.51. The fourth-order valence-electron chi connectivity index (χ4n) is 1.95. The van der Waals surface area contributed by atoms with E-state index >= 15 is 0 Å². The molecule has 1 atom stereocenters. The first-order chi connectivity index (χ1) is 10.5. The van der Waals surface area contributed by atoms with E-state index in [4.69, 9.17) is 8.83 Å². The van der Waals surface area contributed by atoms with Gasteiger partial charge in [0, 0.05) is 5.56 Å². The van der Waals surface area contributed by atoms with Gasteiger partial charge in [-0.2, -0.15) is 4.68 Å². The van der Waals surface area contributed by atoms with Gasteiger partial charge in [-0.25, -0.2) is 13.6 Å². The topological polar surface area (TPSA) is 81.4 Å². The van der Waals surface area contributed by atoms with E-state index in [1.165, 1.54) is 12.3 Å². The number of rotatable bonds is 4. The number of hydrogen-bond donors (Lipinski definition) is 1. The van der Waals surface area contributed by atoms with Gasteiger partial charge >= 0.3 is 5.76 Å². The molecule has 0 amide bonds. The Balaban J connectivity index is 1.87. The zero-order valence-electron chi connectivity index (χ0n) is 11.1. The summed E-state index contributed by atoms with van der Waals surface area (Å²) in [6.07, 6.45) is -0.0753. The van der Waals surface area contributed by atoms with Crippen LogP contribution in [0, 0.1) is 11.6 Å². The maximum Gasteiger partial charge on any atom is 0.437 e. The molecule has 0 fully saturated rings. The summed E-state index contributed by atoms with van der Waals surface area (Å²) in [6.45, 7) is -0.386. The second-order valence-corrected chi connectivity index (χ2v) is 4.51. The predicted molar refractivity (Wildman–Crippen MR) is 69.8 cm³/mol. The number of nitrogens with zero attached hydrogens (tertiary/aromatic N) is 2. The highest BCUT2D eigenvalue weighted by Crippen LogP contribution is 2.20. The Labute approximate surface area is 122 Å². The average Bonchev–Trinajstić information content (AvgIpc) is 3.12. The quantitative estimate of drug-likeness (QED) is 0.798. The van der Waals surface area contributed by atoms with Crippen LogP contribution in [0.5, 0.6) is 0 Å². The zero-order chi connectivity index (χ0) is 15.7. The van der Waals surface area contributed by atoms with Crippen molar-refractivity contribution in [1.29, 1.82) is 0 Å². The zero-order valence-corrected chi connectivity index (χ0v) is 11.1. The van der Waals surface area contributed by atoms with Gasteiger partial charge in [-0.15, -0.1) is 5.10 Å². The van der Waals surface area contributed by atoms with Crippen LogP contribution in [0.3, 0.4) is 0 Å². The molecule has 0 aliphatic rings. The van der Waals surface area contributed by atoms with E-state index in [0.29, 0.717) is 0 Å². The molecule has 0 unspecified atom stereocenters. The first-order valence-corrected chi connectivity index (χ1v) is 6.29. The molecule has 0 radical (unpaired) electrons. The summed E-state index contributed by atoms with van der Waals surface area (Å²) in [4.78, 5) is 11.7. The third-order valence-corrected chi connectivity index (χ3v) is 3.00. The van der Waals surface area contributed by atoms with E-state index in [2.05, 4.69) is 5.10 Å². The van der Waals surface area contributed by atoms with Crippen LogP contribution in [-0.2, 0) is 6.54 Å². The van der Waals surface area contributed by atoms with E-state index in [1.807, 2.05) is 0 Å². The molecule has 2 aromatic heterocycles. The molecule has 22 heavy (non-hydrogen) atoms. The van der Waals surface area contributed by atoms with Crippen LogP contribution in [0.1, 0.15) is 11.7 Å². The number of aliphatic hydroxyl groups is 1. The van der Waals surface area contributed by atoms with Crippen LogP contribution < -0.4 is 5.76 Å². The summed E-state index contributed by atoms with van der Waals surface area (Å²) in [6, 6.07) is 5.82. The van der Waals surface area contributed by atoms with Crippen molar-refractivity contribution in [1.82, 2.24) is 9.78 Å². The summed E-state index contributed by atoms with van der Waals surface area (Å²) in [5.41, 5.74) is -0.269. The SMILES string of the molecule is O=c1oc(-c2ccco2)nn1C[C@@H](O)c1cc(F)ccc1F. The Morgan fingerprint density at radius 1 is 1.32 bits per heavy atom. The summed E-state index contributed by atoms with van der Waals surface area (Å²) < 4.78 is 37.4. The molecule has 1 aromatic carbocycles. The summed E-state index contributed by atoms with van der Waals surface area (Å²) >= 11 is 0. The molecular formula is C14H10F2N2O4. The van der Waals surface area contributed by atoms with Crippen molar-refractivity contribution in [2.75, 3.05) is 0 Å². The highest BCUT2D eigenvalue weighted by molar-refractivity contribution is 5.42. The Kier molecular flexibility index (Phi) is 3.60. The molecular weight excluding hydrogens is 298 g/mol. The number of hydrogen-bond acceptors (Lipinski definition) is 5. The maximum atomic E-state index is 13.6. The van der Waals surface area contributed by atoms with E-state index in [0.717, 1.165) is 22.9 Å². The van der Waals surface area contributed by atoms with Crippen molar-refractivity contribution >= 4 is 0 Å². The van der Waals surface area contributed by atoms with Crippen LogP contribution in [0.15, 0.2) is 50.2 Å². The lowest BCUT2D eigenvalue weighted by Crippen LogP contribution is -2.21. The number of aliphatic hydroxyl groups excluding tert-OH is 1. The van der Waals surface area contributed by atoms with Gasteiger partial charge in [0.2, 0.25) is 0 Å². The van der Waals surface area contributed by atoms with Gasteiger partial charge in [-0.3, -0.25) is 0 Å². The molecule has 1 N–H and O–H groups in total. The first-order valence-electron chi connectivity index (χ1n) is 6.29. The molecule has 114 valence electrons. The average molecular weight is 308 g/mol. The van der Waals surface area contributed by atoms with E-state index in [-0.39, 0.29) is 23.8 Å². The number of benzene rings is 1. The van der Waals surface area contributed by atoms with Crippen molar-refractivity contribution in [3.63, 3.8) is 0 Å². The van der Waals surface area contributed by atoms with Crippen molar-refractivity contribution in [2.45, 2.75) is 12.6 Å². The molecule has 0 aliphatic heterocycles. The molecule has 0 bridgehead atoms. The van der Waals surface area contributed by atoms with Crippen molar-refractivity contribution in [2.24, 2.45) is 0 Å². The Morgan fingerprint density at radius 2 is 2.14 bits per heavy atom. The number of aromatic nitrogens is 2. The summed E-state index contributed by atoms with van der Waals surface area (Å²) in [5.74, 6) is -2.15. The maximum absolute atomic E-state index is 13.6. The van der Waals surface area contributed by atoms with E-state index < -0.39 is 23.5 Å². The summed E-state index contributed by atoms with van der Waals surface area (Å²) in [5, 5.41) is 13.8. The third kappa shape index (κ3) is 2.68. The Bertz CT molecular complexity index is 839. The molecule has 0 saturated heterocycles. The monoisotopic (exact) mass is 308 g/mol. The molecule has 2 heterocycles. The van der Waals surface area contributed by atoms with Gasteiger partial charge in [0.05, 0.1) is 12.8 Å². The van der Waals surface area contributed by atoms with Gasteiger partial charge in [-0.1, -0.05) is 0 Å². The van der Waals surface area contributed by atoms with Crippen molar-refractivity contribution in [3.8, 4) is 11.7 Å². The van der Waals surface area contributed by atoms with Crippen molar-refractivity contribution in [3.05, 3.63) is 64.3 Å². The molecule has 0 spiro atoms. The number of furan rings is 1. The molecule has 6 nitrogen and oxygen atoms in total. The molecule has 3 aromatic rings. The van der Waals surface area contributed by atoms with Gasteiger partial charge in [0.15, 0.2) is 5.76 Å². The number of halogens is 2. The third-order valence-electron chi connectivity index (χ3n) is 3.00. The lowest BCUT2D eigenvalue weighted by atomic mass is 10.1. The minimum atomic E-state index is -1.46. The van der Waals surface area contributed by atoms with Crippen LogP contribution in [0.2, 0.25) is 0 Å². The fourth-order valence-corrected chi connectivity index (χ4v) is 1.95. The van der Waals surface area contributed by atoms with Crippen LogP contribution in [0.4, 0.5) is 8.78 Å².